The maximum atomic E-state index is 13.9. The fourth-order valence-corrected chi connectivity index (χ4v) is 6.77. The number of alkyl halides is 3. The second kappa shape index (κ2) is 9.71. The van der Waals surface area contributed by atoms with Crippen molar-refractivity contribution in [2.75, 3.05) is 0 Å². The zero-order chi connectivity index (χ0) is 26.3. The minimum absolute atomic E-state index is 0.0222. The van der Waals surface area contributed by atoms with Gasteiger partial charge in [-0.25, -0.2) is 8.42 Å². The van der Waals surface area contributed by atoms with E-state index in [4.69, 9.17) is 0 Å². The van der Waals surface area contributed by atoms with Crippen LogP contribution in [0.5, 0.6) is 0 Å². The van der Waals surface area contributed by atoms with Gasteiger partial charge in [-0.3, -0.25) is 4.79 Å². The van der Waals surface area contributed by atoms with E-state index >= 15 is 0 Å². The highest BCUT2D eigenvalue weighted by molar-refractivity contribution is 7.89. The highest BCUT2D eigenvalue weighted by atomic mass is 32.2. The molecule has 0 fully saturated rings. The van der Waals surface area contributed by atoms with Crippen molar-refractivity contribution >= 4 is 15.9 Å². The van der Waals surface area contributed by atoms with Gasteiger partial charge in [0.2, 0.25) is 15.9 Å². The fraction of sp³-hybridized carbons (Fsp3) is 0.296. The normalized spacial score (nSPS) is 16.4. The SMILES string of the molecule is Cc1cc(C)c(S(=O)(=O)N2Cc3ccccc3CC2C(=O)NCc2ccc(C(F)(F)F)cc2)c(C)c1. The average Bonchev–Trinajstić information content (AvgIpc) is 2.80. The maximum absolute atomic E-state index is 13.9. The van der Waals surface area contributed by atoms with E-state index in [9.17, 15) is 26.4 Å². The quantitative estimate of drug-likeness (QED) is 0.516. The van der Waals surface area contributed by atoms with Gasteiger partial charge in [-0.15, -0.1) is 0 Å². The Kier molecular flexibility index (Phi) is 6.99. The summed E-state index contributed by atoms with van der Waals surface area (Å²) in [5.74, 6) is -0.504. The van der Waals surface area contributed by atoms with E-state index in [1.165, 1.54) is 16.4 Å². The standard InChI is InChI=1S/C27H27F3N2O3S/c1-17-12-18(2)25(19(3)13-17)36(34,35)32-16-22-7-5-4-6-21(22)14-24(32)26(33)31-15-20-8-10-23(11-9-20)27(28,29)30/h4-13,24H,14-16H2,1-3H3,(H,31,33). The first-order chi connectivity index (χ1) is 16.9. The number of nitrogens with zero attached hydrogens (tertiary/aromatic N) is 1. The zero-order valence-electron chi connectivity index (χ0n) is 20.2. The molecular weight excluding hydrogens is 489 g/mol. The molecule has 1 atom stereocenters. The molecule has 4 rings (SSSR count). The Morgan fingerprint density at radius 2 is 1.56 bits per heavy atom. The molecule has 190 valence electrons. The molecule has 0 aromatic heterocycles. The van der Waals surface area contributed by atoms with Gasteiger partial charge in [0.05, 0.1) is 10.5 Å². The van der Waals surface area contributed by atoms with Crippen LogP contribution >= 0.6 is 0 Å². The number of rotatable bonds is 5. The summed E-state index contributed by atoms with van der Waals surface area (Å²) >= 11 is 0. The molecule has 0 saturated carbocycles. The number of fused-ring (bicyclic) bond motifs is 1. The van der Waals surface area contributed by atoms with Gasteiger partial charge in [-0.2, -0.15) is 17.5 Å². The Morgan fingerprint density at radius 1 is 0.972 bits per heavy atom. The molecule has 3 aromatic rings. The fourth-order valence-electron chi connectivity index (χ4n) is 4.78. The third kappa shape index (κ3) is 5.17. The third-order valence-electron chi connectivity index (χ3n) is 6.43. The van der Waals surface area contributed by atoms with E-state index in [1.807, 2.05) is 31.2 Å². The molecular formula is C27H27F3N2O3S. The summed E-state index contributed by atoms with van der Waals surface area (Å²) in [5.41, 5.74) is 3.57. The van der Waals surface area contributed by atoms with Crippen LogP contribution in [-0.2, 0) is 40.5 Å². The van der Waals surface area contributed by atoms with Crippen molar-refractivity contribution < 1.29 is 26.4 Å². The molecule has 3 aromatic carbocycles. The Morgan fingerprint density at radius 3 is 2.14 bits per heavy atom. The van der Waals surface area contributed by atoms with Gasteiger partial charge >= 0.3 is 6.18 Å². The van der Waals surface area contributed by atoms with Crippen molar-refractivity contribution in [2.45, 2.75) is 57.4 Å². The Balaban J connectivity index is 1.64. The second-order valence-electron chi connectivity index (χ2n) is 9.18. The predicted octanol–water partition coefficient (Wildman–Crippen LogP) is 5.06. The van der Waals surface area contributed by atoms with E-state index in [0.29, 0.717) is 16.7 Å². The highest BCUT2D eigenvalue weighted by Crippen LogP contribution is 2.33. The van der Waals surface area contributed by atoms with E-state index in [0.717, 1.165) is 28.8 Å². The van der Waals surface area contributed by atoms with Crippen LogP contribution in [-0.4, -0.2) is 24.7 Å². The van der Waals surface area contributed by atoms with E-state index in [-0.39, 0.29) is 24.4 Å². The van der Waals surface area contributed by atoms with Gasteiger partial charge in [0.1, 0.15) is 6.04 Å². The number of hydrogen-bond acceptors (Lipinski definition) is 3. The monoisotopic (exact) mass is 516 g/mol. The van der Waals surface area contributed by atoms with Crippen LogP contribution in [0.15, 0.2) is 65.6 Å². The van der Waals surface area contributed by atoms with Crippen LogP contribution in [0, 0.1) is 20.8 Å². The number of benzene rings is 3. The predicted molar refractivity (Wildman–Crippen MR) is 131 cm³/mol. The van der Waals surface area contributed by atoms with Crippen LogP contribution in [0.3, 0.4) is 0 Å². The molecule has 1 unspecified atom stereocenters. The minimum Gasteiger partial charge on any atom is -0.351 e. The molecule has 1 amide bonds. The van der Waals surface area contributed by atoms with Crippen molar-refractivity contribution in [3.8, 4) is 0 Å². The molecule has 0 radical (unpaired) electrons. The average molecular weight is 517 g/mol. The first-order valence-corrected chi connectivity index (χ1v) is 12.9. The summed E-state index contributed by atoms with van der Waals surface area (Å²) in [4.78, 5) is 13.5. The van der Waals surface area contributed by atoms with Gasteiger partial charge < -0.3 is 5.32 Å². The molecule has 0 bridgehead atoms. The van der Waals surface area contributed by atoms with Crippen LogP contribution < -0.4 is 5.32 Å². The van der Waals surface area contributed by atoms with Crippen molar-refractivity contribution in [3.63, 3.8) is 0 Å². The summed E-state index contributed by atoms with van der Waals surface area (Å²) in [7, 11) is -4.03. The number of carbonyl (C=O) groups excluding carboxylic acids is 1. The van der Waals surface area contributed by atoms with Gasteiger partial charge in [-0.05, 0) is 67.1 Å². The number of hydrogen-bond donors (Lipinski definition) is 1. The van der Waals surface area contributed by atoms with E-state index < -0.39 is 33.7 Å². The molecule has 1 N–H and O–H groups in total. The lowest BCUT2D eigenvalue weighted by Crippen LogP contribution is -2.52. The minimum atomic E-state index is -4.45. The highest BCUT2D eigenvalue weighted by Gasteiger charge is 2.40. The summed E-state index contributed by atoms with van der Waals surface area (Å²) in [6.07, 6.45) is -4.25. The first kappa shape index (κ1) is 25.9. The molecule has 9 heteroatoms. The third-order valence-corrected chi connectivity index (χ3v) is 8.59. The molecule has 36 heavy (non-hydrogen) atoms. The van der Waals surface area contributed by atoms with Crippen molar-refractivity contribution in [1.82, 2.24) is 9.62 Å². The topological polar surface area (TPSA) is 66.5 Å². The van der Waals surface area contributed by atoms with E-state index in [1.54, 1.807) is 26.0 Å². The van der Waals surface area contributed by atoms with Crippen molar-refractivity contribution in [1.29, 1.82) is 0 Å². The molecule has 5 nitrogen and oxygen atoms in total. The van der Waals surface area contributed by atoms with E-state index in [2.05, 4.69) is 5.32 Å². The van der Waals surface area contributed by atoms with Crippen LogP contribution in [0.2, 0.25) is 0 Å². The van der Waals surface area contributed by atoms with Crippen LogP contribution in [0.25, 0.3) is 0 Å². The molecule has 0 saturated heterocycles. The van der Waals surface area contributed by atoms with Gasteiger partial charge in [0.15, 0.2) is 0 Å². The molecule has 0 aliphatic carbocycles. The Hall–Kier alpha value is -3.17. The number of nitrogens with one attached hydrogen (secondary N) is 1. The zero-order valence-corrected chi connectivity index (χ0v) is 21.0. The smallest absolute Gasteiger partial charge is 0.351 e. The maximum Gasteiger partial charge on any atom is 0.416 e. The summed E-state index contributed by atoms with van der Waals surface area (Å²) in [5, 5.41) is 2.72. The summed E-state index contributed by atoms with van der Waals surface area (Å²) in [6, 6.07) is 14.5. The number of aryl methyl sites for hydroxylation is 3. The van der Waals surface area contributed by atoms with Crippen molar-refractivity contribution in [3.05, 3.63) is 99.6 Å². The summed E-state index contributed by atoms with van der Waals surface area (Å²) in [6.45, 7) is 5.40. The lowest BCUT2D eigenvalue weighted by molar-refractivity contribution is -0.137. The number of halogens is 3. The van der Waals surface area contributed by atoms with Gasteiger partial charge in [-0.1, -0.05) is 54.1 Å². The molecule has 1 aliphatic rings. The van der Waals surface area contributed by atoms with Crippen LogP contribution in [0.1, 0.15) is 38.9 Å². The largest absolute Gasteiger partial charge is 0.416 e. The number of sulfonamides is 1. The number of amides is 1. The molecule has 1 aliphatic heterocycles. The summed E-state index contributed by atoms with van der Waals surface area (Å²) < 4.78 is 67.6. The second-order valence-corrected chi connectivity index (χ2v) is 11.0. The first-order valence-electron chi connectivity index (χ1n) is 11.5. The Bertz CT molecular complexity index is 1380. The molecule has 1 heterocycles. The number of carbonyl (C=O) groups is 1. The molecule has 0 spiro atoms. The van der Waals surface area contributed by atoms with Crippen LogP contribution in [0.4, 0.5) is 13.2 Å². The lowest BCUT2D eigenvalue weighted by Gasteiger charge is -2.35. The van der Waals surface area contributed by atoms with Gasteiger partial charge in [0.25, 0.3) is 0 Å². The van der Waals surface area contributed by atoms with Crippen molar-refractivity contribution in [2.24, 2.45) is 0 Å². The Labute approximate surface area is 209 Å². The van der Waals surface area contributed by atoms with Gasteiger partial charge in [0, 0.05) is 13.1 Å². The lowest BCUT2D eigenvalue weighted by atomic mass is 9.95.